The number of hydrogen-bond acceptors (Lipinski definition) is 4. The molecular formula is C10H11Cl3N2O4S. The lowest BCUT2D eigenvalue weighted by molar-refractivity contribution is 0.0937. The van der Waals surface area contributed by atoms with Gasteiger partial charge in [-0.15, -0.1) is 0 Å². The number of carbonyl (C=O) groups excluding carboxylic acids is 1. The smallest absolute Gasteiger partial charge is 0.254 e. The molecule has 20 heavy (non-hydrogen) atoms. The van der Waals surface area contributed by atoms with Crippen molar-refractivity contribution in [3.05, 3.63) is 26.7 Å². The van der Waals surface area contributed by atoms with Crippen LogP contribution in [-0.2, 0) is 14.8 Å². The van der Waals surface area contributed by atoms with Gasteiger partial charge < -0.3 is 10.1 Å². The van der Waals surface area contributed by atoms with Crippen LogP contribution in [0.25, 0.3) is 0 Å². The van der Waals surface area contributed by atoms with E-state index in [1.165, 1.54) is 7.11 Å². The second-order valence-corrected chi connectivity index (χ2v) is 6.35. The Morgan fingerprint density at radius 3 is 2.45 bits per heavy atom. The molecule has 0 unspecified atom stereocenters. The third-order valence-electron chi connectivity index (χ3n) is 2.25. The van der Waals surface area contributed by atoms with E-state index in [1.54, 1.807) is 0 Å². The number of amides is 1. The van der Waals surface area contributed by atoms with E-state index in [0.717, 1.165) is 6.07 Å². The number of hydrogen-bond donors (Lipinski definition) is 2. The minimum absolute atomic E-state index is 0.142. The van der Waals surface area contributed by atoms with Crippen LogP contribution in [0.2, 0.25) is 15.1 Å². The van der Waals surface area contributed by atoms with Crippen LogP contribution in [0.4, 0.5) is 0 Å². The number of methoxy groups -OCH3 is 1. The van der Waals surface area contributed by atoms with Gasteiger partial charge in [0.1, 0.15) is 4.90 Å². The number of halogens is 3. The molecule has 6 nitrogen and oxygen atoms in total. The molecule has 0 spiro atoms. The number of nitrogens with one attached hydrogen (secondary N) is 1. The fourth-order valence-corrected chi connectivity index (χ4v) is 3.09. The summed E-state index contributed by atoms with van der Waals surface area (Å²) in [5, 5.41) is 6.79. The van der Waals surface area contributed by atoms with Gasteiger partial charge in [-0.1, -0.05) is 34.8 Å². The van der Waals surface area contributed by atoms with E-state index in [-0.39, 0.29) is 33.8 Å². The molecule has 1 rings (SSSR count). The van der Waals surface area contributed by atoms with E-state index < -0.39 is 20.8 Å². The normalized spacial score (nSPS) is 11.4. The van der Waals surface area contributed by atoms with Gasteiger partial charge in [0.15, 0.2) is 0 Å². The average molecular weight is 362 g/mol. The van der Waals surface area contributed by atoms with Crippen molar-refractivity contribution in [3.63, 3.8) is 0 Å². The molecule has 0 aliphatic rings. The topological polar surface area (TPSA) is 98.5 Å². The van der Waals surface area contributed by atoms with Crippen LogP contribution in [-0.4, -0.2) is 34.6 Å². The van der Waals surface area contributed by atoms with Crippen LogP contribution < -0.4 is 10.5 Å². The monoisotopic (exact) mass is 360 g/mol. The molecule has 0 saturated carbocycles. The van der Waals surface area contributed by atoms with Crippen LogP contribution in [0.5, 0.6) is 0 Å². The summed E-state index contributed by atoms with van der Waals surface area (Å²) in [4.78, 5) is 11.5. The summed E-state index contributed by atoms with van der Waals surface area (Å²) in [7, 11) is -2.67. The first-order valence-electron chi connectivity index (χ1n) is 5.17. The lowest BCUT2D eigenvalue weighted by Crippen LogP contribution is -2.28. The molecule has 0 saturated heterocycles. The van der Waals surface area contributed by atoms with E-state index in [4.69, 9.17) is 44.7 Å². The molecule has 0 aliphatic carbocycles. The summed E-state index contributed by atoms with van der Waals surface area (Å²) in [5.41, 5.74) is -0.249. The Morgan fingerprint density at radius 2 is 1.95 bits per heavy atom. The fourth-order valence-electron chi connectivity index (χ4n) is 1.34. The zero-order chi connectivity index (χ0) is 15.5. The maximum absolute atomic E-state index is 12.0. The summed E-state index contributed by atoms with van der Waals surface area (Å²) in [6, 6.07) is 0.994. The highest BCUT2D eigenvalue weighted by Gasteiger charge is 2.25. The van der Waals surface area contributed by atoms with Crippen molar-refractivity contribution in [2.24, 2.45) is 5.14 Å². The van der Waals surface area contributed by atoms with Gasteiger partial charge in [0.25, 0.3) is 5.91 Å². The van der Waals surface area contributed by atoms with Crippen LogP contribution >= 0.6 is 34.8 Å². The van der Waals surface area contributed by atoms with Gasteiger partial charge in [0.2, 0.25) is 10.0 Å². The second-order valence-electron chi connectivity index (χ2n) is 3.65. The van der Waals surface area contributed by atoms with Gasteiger partial charge in [-0.25, -0.2) is 13.6 Å². The minimum atomic E-state index is -4.13. The number of ether oxygens (including phenoxy) is 1. The van der Waals surface area contributed by atoms with Crippen LogP contribution in [0.1, 0.15) is 10.4 Å². The van der Waals surface area contributed by atoms with Gasteiger partial charge >= 0.3 is 0 Å². The zero-order valence-corrected chi connectivity index (χ0v) is 13.3. The van der Waals surface area contributed by atoms with Crippen molar-refractivity contribution in [1.82, 2.24) is 5.32 Å². The predicted molar refractivity (Wildman–Crippen MR) is 77.1 cm³/mol. The molecule has 0 heterocycles. The minimum Gasteiger partial charge on any atom is -0.383 e. The molecule has 0 aliphatic heterocycles. The van der Waals surface area contributed by atoms with Crippen LogP contribution in [0.3, 0.4) is 0 Å². The first kappa shape index (κ1) is 17.5. The number of rotatable bonds is 5. The molecule has 0 radical (unpaired) electrons. The van der Waals surface area contributed by atoms with Crippen molar-refractivity contribution < 1.29 is 17.9 Å². The molecular weight excluding hydrogens is 351 g/mol. The third-order valence-corrected chi connectivity index (χ3v) is 4.48. The SMILES string of the molecule is COCCNC(=O)c1c(Cl)c(Cl)cc(S(N)(=O)=O)c1Cl. The summed E-state index contributed by atoms with van der Waals surface area (Å²) in [6.07, 6.45) is 0. The van der Waals surface area contributed by atoms with Gasteiger partial charge in [0.05, 0.1) is 27.2 Å². The summed E-state index contributed by atoms with van der Waals surface area (Å²) >= 11 is 17.6. The number of carbonyl (C=O) groups is 1. The molecule has 3 N–H and O–H groups in total. The van der Waals surface area contributed by atoms with Crippen molar-refractivity contribution >= 4 is 50.7 Å². The molecule has 0 fully saturated rings. The van der Waals surface area contributed by atoms with E-state index in [0.29, 0.717) is 0 Å². The maximum atomic E-state index is 12.0. The number of primary sulfonamides is 1. The highest BCUT2D eigenvalue weighted by molar-refractivity contribution is 7.89. The van der Waals surface area contributed by atoms with E-state index in [1.807, 2.05) is 0 Å². The van der Waals surface area contributed by atoms with Crippen molar-refractivity contribution in [1.29, 1.82) is 0 Å². The molecule has 112 valence electrons. The highest BCUT2D eigenvalue weighted by atomic mass is 35.5. The molecule has 0 atom stereocenters. The largest absolute Gasteiger partial charge is 0.383 e. The van der Waals surface area contributed by atoms with Crippen molar-refractivity contribution in [2.75, 3.05) is 20.3 Å². The van der Waals surface area contributed by atoms with E-state index >= 15 is 0 Å². The summed E-state index contributed by atoms with van der Waals surface area (Å²) in [5.74, 6) is -0.676. The average Bonchev–Trinajstić information content (AvgIpc) is 2.33. The van der Waals surface area contributed by atoms with Gasteiger partial charge in [0, 0.05) is 13.7 Å². The lowest BCUT2D eigenvalue weighted by atomic mass is 10.2. The Labute approximate surface area is 131 Å². The van der Waals surface area contributed by atoms with Crippen LogP contribution in [0, 0.1) is 0 Å². The summed E-state index contributed by atoms with van der Waals surface area (Å²) in [6.45, 7) is 0.461. The zero-order valence-electron chi connectivity index (χ0n) is 10.2. The third kappa shape index (κ3) is 3.97. The number of benzene rings is 1. The Morgan fingerprint density at radius 1 is 1.35 bits per heavy atom. The number of sulfonamides is 1. The van der Waals surface area contributed by atoms with Crippen molar-refractivity contribution in [2.45, 2.75) is 4.90 Å². The Bertz CT molecular complexity index is 634. The molecule has 1 aromatic rings. The van der Waals surface area contributed by atoms with Gasteiger partial charge in [-0.2, -0.15) is 0 Å². The highest BCUT2D eigenvalue weighted by Crippen LogP contribution is 2.36. The second kappa shape index (κ2) is 6.93. The predicted octanol–water partition coefficient (Wildman–Crippen LogP) is 1.67. The van der Waals surface area contributed by atoms with Crippen LogP contribution in [0.15, 0.2) is 11.0 Å². The maximum Gasteiger partial charge on any atom is 0.254 e. The van der Waals surface area contributed by atoms with Crippen molar-refractivity contribution in [3.8, 4) is 0 Å². The standard InChI is InChI=1S/C10H11Cl3N2O4S/c1-19-3-2-15-10(16)7-8(12)5(11)4-6(9(7)13)20(14,17)18/h4H,2-3H2,1H3,(H,15,16)(H2,14,17,18). The van der Waals surface area contributed by atoms with Gasteiger partial charge in [-0.3, -0.25) is 4.79 Å². The molecule has 0 aromatic heterocycles. The molecule has 0 bridgehead atoms. The Balaban J connectivity index is 3.32. The van der Waals surface area contributed by atoms with E-state index in [9.17, 15) is 13.2 Å². The Kier molecular flexibility index (Phi) is 6.06. The molecule has 1 amide bonds. The fraction of sp³-hybridized carbons (Fsp3) is 0.300. The quantitative estimate of drug-likeness (QED) is 0.615. The lowest BCUT2D eigenvalue weighted by Gasteiger charge is -2.12. The molecule has 1 aromatic carbocycles. The van der Waals surface area contributed by atoms with E-state index in [2.05, 4.69) is 5.32 Å². The first-order chi connectivity index (χ1) is 9.20. The molecule has 10 heteroatoms. The van der Waals surface area contributed by atoms with Gasteiger partial charge in [-0.05, 0) is 6.07 Å². The number of nitrogens with two attached hydrogens (primary N) is 1. The Hall–Kier alpha value is -0.570. The summed E-state index contributed by atoms with van der Waals surface area (Å²) < 4.78 is 27.6. The first-order valence-corrected chi connectivity index (χ1v) is 7.85.